The van der Waals surface area contributed by atoms with E-state index in [0.717, 1.165) is 5.56 Å². The first-order valence-corrected chi connectivity index (χ1v) is 6.44. The van der Waals surface area contributed by atoms with Gasteiger partial charge in [-0.05, 0) is 12.0 Å². The van der Waals surface area contributed by atoms with Gasteiger partial charge in [-0.3, -0.25) is 0 Å². The number of benzene rings is 1. The number of carbonyl (C=O) groups excluding carboxylic acids is 1. The van der Waals surface area contributed by atoms with Crippen molar-refractivity contribution < 1.29 is 24.2 Å². The third-order valence-corrected chi connectivity index (χ3v) is 3.05. The molecule has 1 atom stereocenters. The van der Waals surface area contributed by atoms with E-state index in [-0.39, 0.29) is 19.3 Å². The molecular formula is C14H17NO5. The predicted molar refractivity (Wildman–Crippen MR) is 70.2 cm³/mol. The lowest BCUT2D eigenvalue weighted by molar-refractivity contribution is -0.144. The molecule has 6 heteroatoms. The maximum Gasteiger partial charge on any atom is 0.410 e. The first-order valence-electron chi connectivity index (χ1n) is 6.44. The Morgan fingerprint density at radius 1 is 1.30 bits per heavy atom. The second-order valence-electron chi connectivity index (χ2n) is 4.60. The fourth-order valence-electron chi connectivity index (χ4n) is 2.03. The van der Waals surface area contributed by atoms with Crippen LogP contribution in [-0.2, 0) is 20.9 Å². The SMILES string of the molecule is O=C(O)COC1CCN(C(=O)OCc2ccccc2)C1. The highest BCUT2D eigenvalue weighted by atomic mass is 16.6. The molecule has 1 unspecified atom stereocenters. The van der Waals surface area contributed by atoms with Gasteiger partial charge in [0.2, 0.25) is 0 Å². The minimum atomic E-state index is -1.00. The molecule has 0 spiro atoms. The van der Waals surface area contributed by atoms with E-state index in [1.165, 1.54) is 4.90 Å². The Kier molecular flexibility index (Phi) is 4.95. The van der Waals surface area contributed by atoms with E-state index in [1.807, 2.05) is 30.3 Å². The molecule has 0 aliphatic carbocycles. The van der Waals surface area contributed by atoms with Gasteiger partial charge in [-0.1, -0.05) is 30.3 Å². The van der Waals surface area contributed by atoms with Crippen molar-refractivity contribution in [2.24, 2.45) is 0 Å². The number of carboxylic acids is 1. The Hall–Kier alpha value is -2.08. The third-order valence-electron chi connectivity index (χ3n) is 3.05. The first-order chi connectivity index (χ1) is 9.65. The number of amides is 1. The van der Waals surface area contributed by atoms with Gasteiger partial charge in [0, 0.05) is 6.54 Å². The lowest BCUT2D eigenvalue weighted by atomic mass is 10.2. The molecule has 2 rings (SSSR count). The summed E-state index contributed by atoms with van der Waals surface area (Å²) in [6.45, 7) is 0.799. The largest absolute Gasteiger partial charge is 0.480 e. The van der Waals surface area contributed by atoms with Gasteiger partial charge >= 0.3 is 12.1 Å². The molecule has 108 valence electrons. The van der Waals surface area contributed by atoms with E-state index in [0.29, 0.717) is 19.5 Å². The van der Waals surface area contributed by atoms with E-state index in [2.05, 4.69) is 0 Å². The van der Waals surface area contributed by atoms with Gasteiger partial charge in [0.05, 0.1) is 12.6 Å². The normalized spacial score (nSPS) is 18.0. The summed E-state index contributed by atoms with van der Waals surface area (Å²) in [5.41, 5.74) is 0.929. The zero-order valence-corrected chi connectivity index (χ0v) is 11.0. The number of hydrogen-bond acceptors (Lipinski definition) is 4. The fraction of sp³-hybridized carbons (Fsp3) is 0.429. The van der Waals surface area contributed by atoms with Crippen LogP contribution in [0.4, 0.5) is 4.79 Å². The van der Waals surface area contributed by atoms with Crippen molar-refractivity contribution in [1.29, 1.82) is 0 Å². The zero-order chi connectivity index (χ0) is 14.4. The summed E-state index contributed by atoms with van der Waals surface area (Å²) in [7, 11) is 0. The first kappa shape index (κ1) is 14.3. The monoisotopic (exact) mass is 279 g/mol. The maximum absolute atomic E-state index is 11.8. The highest BCUT2D eigenvalue weighted by Gasteiger charge is 2.28. The molecule has 1 aliphatic rings. The standard InChI is InChI=1S/C14H17NO5/c16-13(17)10-19-12-6-7-15(8-12)14(18)20-9-11-4-2-1-3-5-11/h1-5,12H,6-10H2,(H,16,17). The van der Waals surface area contributed by atoms with Crippen LogP contribution in [0.3, 0.4) is 0 Å². The van der Waals surface area contributed by atoms with Crippen LogP contribution >= 0.6 is 0 Å². The number of likely N-dealkylation sites (tertiary alicyclic amines) is 1. The Morgan fingerprint density at radius 2 is 2.05 bits per heavy atom. The molecule has 0 bridgehead atoms. The number of aliphatic carboxylic acids is 1. The summed E-state index contributed by atoms with van der Waals surface area (Å²) in [6.07, 6.45) is 0.0129. The molecule has 1 fully saturated rings. The molecule has 0 aromatic heterocycles. The van der Waals surface area contributed by atoms with Crippen molar-refractivity contribution in [2.75, 3.05) is 19.7 Å². The molecule has 20 heavy (non-hydrogen) atoms. The van der Waals surface area contributed by atoms with Gasteiger partial charge < -0.3 is 19.5 Å². The molecule has 6 nitrogen and oxygen atoms in total. The van der Waals surface area contributed by atoms with Crippen LogP contribution in [0, 0.1) is 0 Å². The minimum Gasteiger partial charge on any atom is -0.480 e. The number of ether oxygens (including phenoxy) is 2. The third kappa shape index (κ3) is 4.24. The highest BCUT2D eigenvalue weighted by Crippen LogP contribution is 2.14. The van der Waals surface area contributed by atoms with Gasteiger partial charge in [0.25, 0.3) is 0 Å². The minimum absolute atomic E-state index is 0.227. The lowest BCUT2D eigenvalue weighted by Crippen LogP contribution is -2.31. The highest BCUT2D eigenvalue weighted by molar-refractivity contribution is 5.68. The van der Waals surface area contributed by atoms with Crippen molar-refractivity contribution in [1.82, 2.24) is 4.90 Å². The van der Waals surface area contributed by atoms with Crippen molar-refractivity contribution in [2.45, 2.75) is 19.1 Å². The van der Waals surface area contributed by atoms with Crippen LogP contribution < -0.4 is 0 Å². The van der Waals surface area contributed by atoms with Crippen molar-refractivity contribution in [3.05, 3.63) is 35.9 Å². The molecule has 0 saturated carbocycles. The number of carbonyl (C=O) groups is 2. The van der Waals surface area contributed by atoms with Gasteiger partial charge in [0.15, 0.2) is 0 Å². The predicted octanol–water partition coefficient (Wildman–Crippen LogP) is 1.50. The van der Waals surface area contributed by atoms with Crippen LogP contribution in [0.1, 0.15) is 12.0 Å². The molecule has 1 saturated heterocycles. The molecular weight excluding hydrogens is 262 g/mol. The molecule has 1 heterocycles. The quantitative estimate of drug-likeness (QED) is 0.884. The summed E-state index contributed by atoms with van der Waals surface area (Å²) >= 11 is 0. The Morgan fingerprint density at radius 3 is 2.75 bits per heavy atom. The van der Waals surface area contributed by atoms with Gasteiger partial charge in [-0.2, -0.15) is 0 Å². The molecule has 1 amide bonds. The van der Waals surface area contributed by atoms with E-state index < -0.39 is 12.1 Å². The Labute approximate surface area is 116 Å². The van der Waals surface area contributed by atoms with Crippen LogP contribution in [0.25, 0.3) is 0 Å². The second kappa shape index (κ2) is 6.91. The molecule has 1 aromatic carbocycles. The van der Waals surface area contributed by atoms with E-state index in [1.54, 1.807) is 0 Å². The molecule has 1 aromatic rings. The van der Waals surface area contributed by atoms with Crippen molar-refractivity contribution >= 4 is 12.1 Å². The molecule has 1 N–H and O–H groups in total. The summed E-state index contributed by atoms with van der Waals surface area (Å²) in [6, 6.07) is 9.44. The topological polar surface area (TPSA) is 76.1 Å². The Bertz CT molecular complexity index is 462. The van der Waals surface area contributed by atoms with E-state index in [9.17, 15) is 9.59 Å². The summed E-state index contributed by atoms with van der Waals surface area (Å²) in [4.78, 5) is 23.8. The average Bonchev–Trinajstić information content (AvgIpc) is 2.92. The van der Waals surface area contributed by atoms with Gasteiger partial charge in [-0.25, -0.2) is 9.59 Å². The number of nitrogens with zero attached hydrogens (tertiary/aromatic N) is 1. The smallest absolute Gasteiger partial charge is 0.410 e. The number of carboxylic acid groups (broad SMARTS) is 1. The maximum atomic E-state index is 11.8. The van der Waals surface area contributed by atoms with Crippen LogP contribution in [-0.4, -0.2) is 47.9 Å². The molecule has 0 radical (unpaired) electrons. The van der Waals surface area contributed by atoms with E-state index in [4.69, 9.17) is 14.6 Å². The second-order valence-corrected chi connectivity index (χ2v) is 4.60. The lowest BCUT2D eigenvalue weighted by Gasteiger charge is -2.16. The van der Waals surface area contributed by atoms with Crippen molar-refractivity contribution in [3.8, 4) is 0 Å². The summed E-state index contributed by atoms with van der Waals surface area (Å²) in [5.74, 6) is -1.00. The van der Waals surface area contributed by atoms with Crippen LogP contribution in [0.2, 0.25) is 0 Å². The number of rotatable bonds is 5. The van der Waals surface area contributed by atoms with Crippen LogP contribution in [0.15, 0.2) is 30.3 Å². The zero-order valence-electron chi connectivity index (χ0n) is 11.0. The molecule has 1 aliphatic heterocycles. The number of hydrogen-bond donors (Lipinski definition) is 1. The fourth-order valence-corrected chi connectivity index (χ4v) is 2.03. The van der Waals surface area contributed by atoms with Gasteiger partial charge in [0.1, 0.15) is 13.2 Å². The summed E-state index contributed by atoms with van der Waals surface area (Å²) < 4.78 is 10.4. The summed E-state index contributed by atoms with van der Waals surface area (Å²) in [5, 5.41) is 8.53. The Balaban J connectivity index is 1.73. The van der Waals surface area contributed by atoms with E-state index >= 15 is 0 Å². The van der Waals surface area contributed by atoms with Gasteiger partial charge in [-0.15, -0.1) is 0 Å². The van der Waals surface area contributed by atoms with Crippen LogP contribution in [0.5, 0.6) is 0 Å². The van der Waals surface area contributed by atoms with Crippen molar-refractivity contribution in [3.63, 3.8) is 0 Å². The average molecular weight is 279 g/mol.